The van der Waals surface area contributed by atoms with E-state index in [1.165, 1.54) is 6.92 Å². The molecule has 11 nitrogen and oxygen atoms in total. The molecule has 2 atom stereocenters. The molecule has 0 bridgehead atoms. The molecule has 2 aliphatic heterocycles. The summed E-state index contributed by atoms with van der Waals surface area (Å²) in [5, 5.41) is 13.3. The molecule has 0 radical (unpaired) electrons. The van der Waals surface area contributed by atoms with E-state index in [9.17, 15) is 9.59 Å². The van der Waals surface area contributed by atoms with E-state index in [0.29, 0.717) is 29.8 Å². The summed E-state index contributed by atoms with van der Waals surface area (Å²) >= 11 is 1.60. The number of fused-ring (bicyclic) bond motifs is 3. The third-order valence-corrected chi connectivity index (χ3v) is 8.09. The summed E-state index contributed by atoms with van der Waals surface area (Å²) < 4.78 is 13.4. The lowest BCUT2D eigenvalue weighted by molar-refractivity contribution is -0.120. The standard InChI is InChI=1S/C28H31N7O4S/c1-16(36)33-28(11-12-28)15-38-23-10-9-20-24(32-23)40-26-30-19(14-35(20)26)17-5-7-18(8-6-17)29-25(37)31-22-13-21(39-34-22)27(2,3)4/h5-10,13-14,20,24H,11-12,15H2,1-4H3,(H,33,36)(H2,29,31,34,37). The van der Waals surface area contributed by atoms with E-state index in [0.717, 1.165) is 29.3 Å². The van der Waals surface area contributed by atoms with Crippen molar-refractivity contribution in [3.05, 3.63) is 54.4 Å². The lowest BCUT2D eigenvalue weighted by Gasteiger charge is -2.21. The van der Waals surface area contributed by atoms with Crippen molar-refractivity contribution in [1.82, 2.24) is 20.0 Å². The maximum Gasteiger partial charge on any atom is 0.324 e. The fourth-order valence-electron chi connectivity index (χ4n) is 4.59. The number of nitrogens with one attached hydrogen (secondary N) is 3. The molecular weight excluding hydrogens is 530 g/mol. The second-order valence-electron chi connectivity index (χ2n) is 11.4. The molecule has 1 saturated carbocycles. The number of carbonyl (C=O) groups excluding carboxylic acids is 2. The molecule has 1 aliphatic carbocycles. The fraction of sp³-hybridized carbons (Fsp3) is 0.393. The van der Waals surface area contributed by atoms with Gasteiger partial charge < -0.3 is 24.5 Å². The number of hydrogen-bond acceptors (Lipinski definition) is 8. The zero-order chi connectivity index (χ0) is 28.1. The Labute approximate surface area is 235 Å². The Balaban J connectivity index is 1.05. The number of benzene rings is 1. The smallest absolute Gasteiger partial charge is 0.324 e. The molecule has 3 aliphatic rings. The normalized spacial score (nSPS) is 20.2. The number of carbonyl (C=O) groups is 2. The van der Waals surface area contributed by atoms with Crippen LogP contribution < -0.4 is 16.0 Å². The number of anilines is 2. The van der Waals surface area contributed by atoms with E-state index in [1.807, 2.05) is 57.3 Å². The van der Waals surface area contributed by atoms with E-state index in [1.54, 1.807) is 17.8 Å². The molecular formula is C28H31N7O4S. The lowest BCUT2D eigenvalue weighted by Crippen LogP contribution is -2.39. The Morgan fingerprint density at radius 3 is 2.65 bits per heavy atom. The highest BCUT2D eigenvalue weighted by Crippen LogP contribution is 2.44. The summed E-state index contributed by atoms with van der Waals surface area (Å²) in [6, 6.07) is 8.89. The highest BCUT2D eigenvalue weighted by Gasteiger charge is 2.45. The molecule has 1 aromatic carbocycles. The molecule has 0 spiro atoms. The number of thioether (sulfide) groups is 1. The first-order valence-corrected chi connectivity index (χ1v) is 14.0. The minimum Gasteiger partial charge on any atom is -0.475 e. The van der Waals surface area contributed by atoms with Crippen molar-refractivity contribution in [1.29, 1.82) is 0 Å². The predicted octanol–water partition coefficient (Wildman–Crippen LogP) is 5.11. The second kappa shape index (κ2) is 9.84. The van der Waals surface area contributed by atoms with Gasteiger partial charge in [-0.15, -0.1) is 0 Å². The fourth-order valence-corrected chi connectivity index (χ4v) is 5.77. The van der Waals surface area contributed by atoms with Crippen LogP contribution in [0.5, 0.6) is 0 Å². The van der Waals surface area contributed by atoms with Crippen molar-refractivity contribution >= 4 is 41.1 Å². The number of aromatic nitrogens is 3. The van der Waals surface area contributed by atoms with Gasteiger partial charge in [0.05, 0.1) is 17.3 Å². The predicted molar refractivity (Wildman–Crippen MR) is 152 cm³/mol. The molecule has 208 valence electrons. The van der Waals surface area contributed by atoms with Crippen LogP contribution in [0.3, 0.4) is 0 Å². The van der Waals surface area contributed by atoms with Crippen LogP contribution in [0.4, 0.5) is 16.3 Å². The van der Waals surface area contributed by atoms with Crippen LogP contribution in [0.2, 0.25) is 0 Å². The summed E-state index contributed by atoms with van der Waals surface area (Å²) in [6.45, 7) is 7.99. The summed E-state index contributed by atoms with van der Waals surface area (Å²) in [7, 11) is 0. The van der Waals surface area contributed by atoms with E-state index in [-0.39, 0.29) is 28.3 Å². The van der Waals surface area contributed by atoms with Gasteiger partial charge in [0.2, 0.25) is 11.8 Å². The van der Waals surface area contributed by atoms with Crippen molar-refractivity contribution in [2.24, 2.45) is 4.99 Å². The molecule has 12 heteroatoms. The Morgan fingerprint density at radius 1 is 1.20 bits per heavy atom. The zero-order valence-electron chi connectivity index (χ0n) is 22.7. The second-order valence-corrected chi connectivity index (χ2v) is 12.5. The van der Waals surface area contributed by atoms with Crippen molar-refractivity contribution in [3.63, 3.8) is 0 Å². The number of urea groups is 1. The molecule has 6 rings (SSSR count). The maximum atomic E-state index is 12.4. The van der Waals surface area contributed by atoms with Crippen molar-refractivity contribution < 1.29 is 18.8 Å². The van der Waals surface area contributed by atoms with Crippen LogP contribution in [-0.4, -0.2) is 50.1 Å². The van der Waals surface area contributed by atoms with Gasteiger partial charge in [-0.1, -0.05) is 55.9 Å². The van der Waals surface area contributed by atoms with Gasteiger partial charge in [-0.05, 0) is 31.1 Å². The van der Waals surface area contributed by atoms with Crippen molar-refractivity contribution in [2.75, 3.05) is 17.2 Å². The van der Waals surface area contributed by atoms with Crippen molar-refractivity contribution in [2.45, 2.75) is 68.1 Å². The molecule has 4 heterocycles. The minimum absolute atomic E-state index is 0.0380. The van der Waals surface area contributed by atoms with Crippen molar-refractivity contribution in [3.8, 4) is 11.3 Å². The van der Waals surface area contributed by atoms with Gasteiger partial charge in [-0.25, -0.2) is 14.8 Å². The SMILES string of the molecule is CC(=O)NC1(COC2=NC3Sc4nc(-c5ccc(NC(=O)Nc6cc(C(C)(C)C)on6)cc5)cn4C3C=C2)CC1. The van der Waals surface area contributed by atoms with Crippen LogP contribution in [0.1, 0.15) is 52.3 Å². The first-order valence-electron chi connectivity index (χ1n) is 13.2. The Morgan fingerprint density at radius 2 is 1.98 bits per heavy atom. The monoisotopic (exact) mass is 561 g/mol. The minimum atomic E-state index is -0.402. The number of rotatable bonds is 6. The Bertz CT molecular complexity index is 1510. The topological polar surface area (TPSA) is 136 Å². The first kappa shape index (κ1) is 26.2. The summed E-state index contributed by atoms with van der Waals surface area (Å²) in [5.74, 6) is 1.60. The maximum absolute atomic E-state index is 12.4. The largest absolute Gasteiger partial charge is 0.475 e. The highest BCUT2D eigenvalue weighted by atomic mass is 32.2. The number of hydrogen-bond donors (Lipinski definition) is 3. The van der Waals surface area contributed by atoms with Crippen LogP contribution in [-0.2, 0) is 14.9 Å². The number of amides is 3. The molecule has 0 saturated heterocycles. The quantitative estimate of drug-likeness (QED) is 0.381. The summed E-state index contributed by atoms with van der Waals surface area (Å²) in [6.07, 6.45) is 7.86. The first-order chi connectivity index (χ1) is 19.1. The number of nitrogens with zero attached hydrogens (tertiary/aromatic N) is 4. The van der Waals surface area contributed by atoms with Crippen LogP contribution in [0, 0.1) is 0 Å². The van der Waals surface area contributed by atoms with Crippen LogP contribution >= 0.6 is 11.8 Å². The third-order valence-electron chi connectivity index (χ3n) is 6.95. The van der Waals surface area contributed by atoms with Gasteiger partial charge in [0.15, 0.2) is 11.0 Å². The third kappa shape index (κ3) is 5.48. The van der Waals surface area contributed by atoms with E-state index < -0.39 is 6.03 Å². The lowest BCUT2D eigenvalue weighted by atomic mass is 9.93. The van der Waals surface area contributed by atoms with Gasteiger partial charge >= 0.3 is 6.03 Å². The summed E-state index contributed by atoms with van der Waals surface area (Å²) in [5.41, 5.74) is 1.99. The van der Waals surface area contributed by atoms with Gasteiger partial charge in [0, 0.05) is 35.9 Å². The van der Waals surface area contributed by atoms with Crippen LogP contribution in [0.15, 0.2) is 63.4 Å². The van der Waals surface area contributed by atoms with E-state index in [4.69, 9.17) is 19.2 Å². The molecule has 1 fully saturated rings. The van der Waals surface area contributed by atoms with Gasteiger partial charge in [0.1, 0.15) is 17.7 Å². The molecule has 3 N–H and O–H groups in total. The Kier molecular flexibility index (Phi) is 6.44. The molecule has 3 aromatic rings. The average molecular weight is 562 g/mol. The molecule has 2 aromatic heterocycles. The molecule has 3 amide bonds. The number of dihydropyridines is 1. The molecule has 40 heavy (non-hydrogen) atoms. The average Bonchev–Trinajstić information content (AvgIpc) is 3.20. The van der Waals surface area contributed by atoms with Gasteiger partial charge in [-0.3, -0.25) is 10.1 Å². The van der Waals surface area contributed by atoms with E-state index in [2.05, 4.69) is 31.8 Å². The molecule has 2 unspecified atom stereocenters. The van der Waals surface area contributed by atoms with Gasteiger partial charge in [-0.2, -0.15) is 0 Å². The number of aliphatic imine (C=N–C) groups is 1. The summed E-state index contributed by atoms with van der Waals surface area (Å²) in [4.78, 5) is 33.4. The number of imidazole rings is 1. The van der Waals surface area contributed by atoms with Gasteiger partial charge in [0.25, 0.3) is 0 Å². The number of ether oxygens (including phenoxy) is 1. The highest BCUT2D eigenvalue weighted by molar-refractivity contribution is 8.00. The van der Waals surface area contributed by atoms with Crippen LogP contribution in [0.25, 0.3) is 11.3 Å². The van der Waals surface area contributed by atoms with E-state index >= 15 is 0 Å². The Hall–Kier alpha value is -4.06. The zero-order valence-corrected chi connectivity index (χ0v) is 23.5.